The lowest BCUT2D eigenvalue weighted by atomic mass is 10.1. The molecule has 1 heterocycles. The van der Waals surface area contributed by atoms with Crippen molar-refractivity contribution in [1.29, 1.82) is 0 Å². The number of halogens is 1. The molecule has 1 rings (SSSR count). The van der Waals surface area contributed by atoms with E-state index in [9.17, 15) is 0 Å². The molecule has 8 heavy (non-hydrogen) atoms. The molecule has 0 fully saturated rings. The molecule has 0 aromatic heterocycles. The highest BCUT2D eigenvalue weighted by molar-refractivity contribution is 14.0. The summed E-state index contributed by atoms with van der Waals surface area (Å²) in [5.41, 5.74) is 0. The Morgan fingerprint density at radius 3 is 2.62 bits per heavy atom. The van der Waals surface area contributed by atoms with Gasteiger partial charge in [-0.25, -0.2) is 0 Å². The lowest BCUT2D eigenvalue weighted by Gasteiger charge is -2.01. The van der Waals surface area contributed by atoms with Gasteiger partial charge < -0.3 is 0 Å². The summed E-state index contributed by atoms with van der Waals surface area (Å²) >= 11 is 0. The van der Waals surface area contributed by atoms with E-state index in [1.165, 1.54) is 0 Å². The van der Waals surface area contributed by atoms with Crippen LogP contribution in [0.4, 0.5) is 0 Å². The largest absolute Gasteiger partial charge is 0.293 e. The quantitative estimate of drug-likeness (QED) is 0.556. The molecule has 0 unspecified atom stereocenters. The fourth-order valence-corrected chi connectivity index (χ4v) is 0.588. The Hall–Kier alpha value is 0.140. The van der Waals surface area contributed by atoms with Crippen LogP contribution in [0, 0.1) is 5.92 Å². The maximum absolute atomic E-state index is 4.05. The third kappa shape index (κ3) is 2.45. The van der Waals surface area contributed by atoms with Gasteiger partial charge in [-0.3, -0.25) is 4.99 Å². The van der Waals surface area contributed by atoms with Crippen LogP contribution in [0.2, 0.25) is 0 Å². The van der Waals surface area contributed by atoms with Gasteiger partial charge in [-0.2, -0.15) is 0 Å². The SMILES string of the molecule is C[C@H]1C=CC=NC1.I. The minimum Gasteiger partial charge on any atom is -0.293 e. The maximum atomic E-state index is 4.05. The normalized spacial score (nSPS) is 24.9. The van der Waals surface area contributed by atoms with E-state index in [1.54, 1.807) is 0 Å². The topological polar surface area (TPSA) is 12.4 Å². The molecule has 0 radical (unpaired) electrons. The van der Waals surface area contributed by atoms with Gasteiger partial charge in [0.05, 0.1) is 0 Å². The minimum absolute atomic E-state index is 0. The summed E-state index contributed by atoms with van der Waals surface area (Å²) < 4.78 is 0. The Balaban J connectivity index is 0.000000490. The molecule has 2 heteroatoms. The first-order valence-corrected chi connectivity index (χ1v) is 2.56. The second kappa shape index (κ2) is 4.06. The molecule has 1 aliphatic rings. The van der Waals surface area contributed by atoms with E-state index in [0.29, 0.717) is 5.92 Å². The molecule has 0 bridgehead atoms. The highest BCUT2D eigenvalue weighted by Crippen LogP contribution is 1.99. The number of dihydropyridines is 1. The molecular weight excluding hydrogens is 213 g/mol. The Bertz CT molecular complexity index is 107. The van der Waals surface area contributed by atoms with Gasteiger partial charge in [0, 0.05) is 12.8 Å². The van der Waals surface area contributed by atoms with E-state index in [1.807, 2.05) is 12.3 Å². The van der Waals surface area contributed by atoms with Crippen molar-refractivity contribution >= 4 is 30.2 Å². The van der Waals surface area contributed by atoms with Gasteiger partial charge in [-0.1, -0.05) is 13.0 Å². The number of nitrogens with zero attached hydrogens (tertiary/aromatic N) is 1. The molecular formula is C6H10IN. The van der Waals surface area contributed by atoms with Crippen molar-refractivity contribution in [3.63, 3.8) is 0 Å². The average molecular weight is 223 g/mol. The van der Waals surface area contributed by atoms with Crippen LogP contribution >= 0.6 is 24.0 Å². The highest BCUT2D eigenvalue weighted by Gasteiger charge is 1.94. The zero-order chi connectivity index (χ0) is 5.11. The predicted molar refractivity (Wildman–Crippen MR) is 47.1 cm³/mol. The van der Waals surface area contributed by atoms with Gasteiger partial charge in [-0.15, -0.1) is 24.0 Å². The maximum Gasteiger partial charge on any atom is 0.0449 e. The van der Waals surface area contributed by atoms with Crippen molar-refractivity contribution in [3.05, 3.63) is 12.2 Å². The molecule has 1 aliphatic heterocycles. The van der Waals surface area contributed by atoms with Crippen molar-refractivity contribution in [2.75, 3.05) is 6.54 Å². The zero-order valence-electron chi connectivity index (χ0n) is 4.87. The number of hydrogen-bond donors (Lipinski definition) is 0. The average Bonchev–Trinajstić information content (AvgIpc) is 1.69. The summed E-state index contributed by atoms with van der Waals surface area (Å²) in [6, 6.07) is 0. The summed E-state index contributed by atoms with van der Waals surface area (Å²) in [6.45, 7) is 3.13. The molecule has 1 nitrogen and oxygen atoms in total. The molecule has 46 valence electrons. The van der Waals surface area contributed by atoms with E-state index in [-0.39, 0.29) is 24.0 Å². The first-order chi connectivity index (χ1) is 3.39. The molecule has 0 saturated carbocycles. The Morgan fingerprint density at radius 2 is 2.38 bits per heavy atom. The van der Waals surface area contributed by atoms with E-state index < -0.39 is 0 Å². The van der Waals surface area contributed by atoms with Crippen LogP contribution in [0.25, 0.3) is 0 Å². The third-order valence-electron chi connectivity index (χ3n) is 1.02. The molecule has 0 N–H and O–H groups in total. The third-order valence-corrected chi connectivity index (χ3v) is 1.02. The van der Waals surface area contributed by atoms with Gasteiger partial charge in [0.15, 0.2) is 0 Å². The summed E-state index contributed by atoms with van der Waals surface area (Å²) in [6.07, 6.45) is 6.00. The van der Waals surface area contributed by atoms with Crippen molar-refractivity contribution in [2.24, 2.45) is 10.9 Å². The van der Waals surface area contributed by atoms with Gasteiger partial charge in [0.1, 0.15) is 0 Å². The highest BCUT2D eigenvalue weighted by atomic mass is 127. The van der Waals surface area contributed by atoms with Crippen molar-refractivity contribution in [2.45, 2.75) is 6.92 Å². The lowest BCUT2D eigenvalue weighted by molar-refractivity contribution is 0.737. The van der Waals surface area contributed by atoms with Crippen LogP contribution in [0.5, 0.6) is 0 Å². The molecule has 0 aliphatic carbocycles. The summed E-state index contributed by atoms with van der Waals surface area (Å²) in [7, 11) is 0. The van der Waals surface area contributed by atoms with Crippen LogP contribution in [-0.4, -0.2) is 12.8 Å². The summed E-state index contributed by atoms with van der Waals surface area (Å²) in [5, 5.41) is 0. The van der Waals surface area contributed by atoms with Crippen molar-refractivity contribution < 1.29 is 0 Å². The Labute approximate surface area is 66.9 Å². The van der Waals surface area contributed by atoms with Crippen molar-refractivity contribution in [1.82, 2.24) is 0 Å². The molecule has 0 amide bonds. The fraction of sp³-hybridized carbons (Fsp3) is 0.500. The van der Waals surface area contributed by atoms with E-state index in [0.717, 1.165) is 6.54 Å². The molecule has 0 spiro atoms. The number of hydrogen-bond acceptors (Lipinski definition) is 1. The van der Waals surface area contributed by atoms with Crippen LogP contribution in [0.1, 0.15) is 6.92 Å². The Morgan fingerprint density at radius 1 is 1.62 bits per heavy atom. The smallest absolute Gasteiger partial charge is 0.0449 e. The molecule has 1 atom stereocenters. The van der Waals surface area contributed by atoms with E-state index in [2.05, 4.69) is 18.0 Å². The van der Waals surface area contributed by atoms with Gasteiger partial charge in [0.2, 0.25) is 0 Å². The van der Waals surface area contributed by atoms with Crippen LogP contribution < -0.4 is 0 Å². The zero-order valence-corrected chi connectivity index (χ0v) is 7.20. The van der Waals surface area contributed by atoms with E-state index >= 15 is 0 Å². The molecule has 0 saturated heterocycles. The lowest BCUT2D eigenvalue weighted by Crippen LogP contribution is -1.97. The number of aliphatic imine (C=N–C) groups is 1. The molecule has 0 aromatic rings. The van der Waals surface area contributed by atoms with E-state index in [4.69, 9.17) is 0 Å². The van der Waals surface area contributed by atoms with Crippen LogP contribution in [0.3, 0.4) is 0 Å². The Kier molecular flexibility index (Phi) is 4.13. The van der Waals surface area contributed by atoms with Crippen LogP contribution in [0.15, 0.2) is 17.1 Å². The van der Waals surface area contributed by atoms with Crippen molar-refractivity contribution in [3.8, 4) is 0 Å². The number of allylic oxidation sites excluding steroid dienone is 1. The summed E-state index contributed by atoms with van der Waals surface area (Å²) in [4.78, 5) is 4.05. The minimum atomic E-state index is 0. The van der Waals surface area contributed by atoms with Crippen LogP contribution in [-0.2, 0) is 0 Å². The fourth-order valence-electron chi connectivity index (χ4n) is 0.588. The summed E-state index contributed by atoms with van der Waals surface area (Å²) in [5.74, 6) is 0.657. The second-order valence-electron chi connectivity index (χ2n) is 1.88. The van der Waals surface area contributed by atoms with Gasteiger partial charge in [-0.05, 0) is 12.0 Å². The second-order valence-corrected chi connectivity index (χ2v) is 1.88. The standard InChI is InChI=1S/C6H9N.HI/c1-6-3-2-4-7-5-6;/h2-4,6H,5H2,1H3;1H/t6-;/m0./s1. The number of rotatable bonds is 0. The van der Waals surface area contributed by atoms with Gasteiger partial charge in [0.25, 0.3) is 0 Å². The predicted octanol–water partition coefficient (Wildman–Crippen LogP) is 1.88. The monoisotopic (exact) mass is 223 g/mol. The van der Waals surface area contributed by atoms with Gasteiger partial charge >= 0.3 is 0 Å². The first kappa shape index (κ1) is 8.14. The first-order valence-electron chi connectivity index (χ1n) is 2.56. The molecule has 0 aromatic carbocycles.